The Labute approximate surface area is 170 Å². The maximum absolute atomic E-state index is 6.27. The van der Waals surface area contributed by atoms with Gasteiger partial charge in [0.2, 0.25) is 5.89 Å². The number of hydrogen-bond acceptors (Lipinski definition) is 5. The van der Waals surface area contributed by atoms with Crippen molar-refractivity contribution in [3.8, 4) is 22.2 Å². The number of hydrogen-bond donors (Lipinski definition) is 0. The van der Waals surface area contributed by atoms with Crippen molar-refractivity contribution in [1.29, 1.82) is 0 Å². The van der Waals surface area contributed by atoms with E-state index in [-0.39, 0.29) is 5.41 Å². The fourth-order valence-corrected chi connectivity index (χ4v) is 7.33. The molecule has 0 amide bonds. The van der Waals surface area contributed by atoms with Gasteiger partial charge in [0.15, 0.2) is 0 Å². The smallest absolute Gasteiger partial charge is 0.267 e. The van der Waals surface area contributed by atoms with Crippen molar-refractivity contribution in [3.63, 3.8) is 0 Å². The molecule has 0 N–H and O–H groups in total. The molecule has 2 heterocycles. The summed E-state index contributed by atoms with van der Waals surface area (Å²) >= 11 is 5.22. The Balaban J connectivity index is 1.34. The summed E-state index contributed by atoms with van der Waals surface area (Å²) in [6, 6.07) is 8.15. The molecule has 0 saturated heterocycles. The van der Waals surface area contributed by atoms with E-state index in [1.54, 1.807) is 11.3 Å². The quantitative estimate of drug-likeness (QED) is 0.493. The molecule has 3 aliphatic carbocycles. The average molecular weight is 442 g/mol. The molecule has 4 atom stereocenters. The zero-order chi connectivity index (χ0) is 18.0. The summed E-state index contributed by atoms with van der Waals surface area (Å²) in [5.41, 5.74) is 2.02. The maximum atomic E-state index is 6.27. The monoisotopic (exact) mass is 441 g/mol. The minimum atomic E-state index is 0.143. The molecule has 138 valence electrons. The summed E-state index contributed by atoms with van der Waals surface area (Å²) in [5, 5.41) is 11.9. The molecule has 3 aromatic rings. The molecule has 3 fully saturated rings. The van der Waals surface area contributed by atoms with Crippen LogP contribution in [0.2, 0.25) is 0 Å². The summed E-state index contributed by atoms with van der Waals surface area (Å²) in [6.45, 7) is 0. The fourth-order valence-electron chi connectivity index (χ4n) is 5.90. The van der Waals surface area contributed by atoms with Gasteiger partial charge >= 0.3 is 0 Å². The van der Waals surface area contributed by atoms with E-state index in [1.165, 1.54) is 38.5 Å². The molecule has 4 unspecified atom stereocenters. The normalized spacial score (nSPS) is 31.5. The van der Waals surface area contributed by atoms with Crippen LogP contribution in [0.1, 0.15) is 44.4 Å². The molecule has 3 bridgehead atoms. The summed E-state index contributed by atoms with van der Waals surface area (Å²) in [5.74, 6) is 4.00. The molecule has 2 aromatic heterocycles. The van der Waals surface area contributed by atoms with Crippen LogP contribution in [0, 0.1) is 17.8 Å². The first kappa shape index (κ1) is 16.4. The van der Waals surface area contributed by atoms with Gasteiger partial charge in [0, 0.05) is 15.4 Å². The van der Waals surface area contributed by atoms with Crippen molar-refractivity contribution < 1.29 is 4.42 Å². The van der Waals surface area contributed by atoms with Crippen molar-refractivity contribution in [1.82, 2.24) is 15.2 Å². The summed E-state index contributed by atoms with van der Waals surface area (Å²) in [4.78, 5) is 4.77. The summed E-state index contributed by atoms with van der Waals surface area (Å²) < 4.78 is 7.32. The molecular formula is C21H20BrN3OS. The predicted molar refractivity (Wildman–Crippen MR) is 108 cm³/mol. The van der Waals surface area contributed by atoms with E-state index in [2.05, 4.69) is 32.2 Å². The van der Waals surface area contributed by atoms with E-state index in [4.69, 9.17) is 9.40 Å². The molecule has 27 heavy (non-hydrogen) atoms. The van der Waals surface area contributed by atoms with Gasteiger partial charge in [-0.25, -0.2) is 4.98 Å². The first-order chi connectivity index (χ1) is 13.2. The average Bonchev–Trinajstić information content (AvgIpc) is 3.37. The van der Waals surface area contributed by atoms with E-state index in [0.29, 0.717) is 5.89 Å². The molecule has 4 nitrogen and oxygen atoms in total. The topological polar surface area (TPSA) is 51.8 Å². The molecule has 6 heteroatoms. The van der Waals surface area contributed by atoms with E-state index < -0.39 is 0 Å². The lowest BCUT2D eigenvalue weighted by molar-refractivity contribution is 0.129. The van der Waals surface area contributed by atoms with E-state index in [1.807, 2.05) is 23.6 Å². The first-order valence-corrected chi connectivity index (χ1v) is 11.4. The summed E-state index contributed by atoms with van der Waals surface area (Å²) in [6.07, 6.45) is 7.93. The first-order valence-electron chi connectivity index (χ1n) is 9.76. The van der Waals surface area contributed by atoms with Crippen LogP contribution in [0.15, 0.2) is 38.5 Å². The van der Waals surface area contributed by atoms with Crippen LogP contribution in [0.3, 0.4) is 0 Å². The second-order valence-electron chi connectivity index (χ2n) is 8.47. The van der Waals surface area contributed by atoms with Gasteiger partial charge in [-0.2, -0.15) is 0 Å². The third kappa shape index (κ3) is 2.49. The Morgan fingerprint density at radius 3 is 2.93 bits per heavy atom. The highest BCUT2D eigenvalue weighted by molar-refractivity contribution is 9.10. The van der Waals surface area contributed by atoms with Gasteiger partial charge in [0.25, 0.3) is 5.89 Å². The predicted octanol–water partition coefficient (Wildman–Crippen LogP) is 6.09. The Morgan fingerprint density at radius 1 is 1.11 bits per heavy atom. The standard InChI is InChI=1S/C21H20BrN3OS/c22-16-4-2-1-3-15(16)19-23-17(11-27-19)18-24-25-20(26-18)21-6-5-12-7-13(10-21)9-14(21)8-12/h1-4,11-14H,5-10H2. The molecule has 1 aromatic carbocycles. The molecule has 3 saturated carbocycles. The van der Waals surface area contributed by atoms with Crippen LogP contribution < -0.4 is 0 Å². The zero-order valence-electron chi connectivity index (χ0n) is 14.9. The lowest BCUT2D eigenvalue weighted by atomic mass is 9.64. The minimum Gasteiger partial charge on any atom is -0.419 e. The number of thiazole rings is 1. The van der Waals surface area contributed by atoms with Crippen LogP contribution in [0.25, 0.3) is 22.2 Å². The lowest BCUT2D eigenvalue weighted by Gasteiger charge is -2.40. The third-order valence-electron chi connectivity index (χ3n) is 7.01. The van der Waals surface area contributed by atoms with Crippen molar-refractivity contribution in [2.45, 2.75) is 43.9 Å². The van der Waals surface area contributed by atoms with Crippen molar-refractivity contribution >= 4 is 27.3 Å². The number of nitrogens with zero attached hydrogens (tertiary/aromatic N) is 3. The van der Waals surface area contributed by atoms with Gasteiger partial charge in [0.1, 0.15) is 10.7 Å². The SMILES string of the molecule is Brc1ccccc1-c1nc(-c2nnc(C34CCC5CC(CC3C5)C4)o2)cs1. The maximum Gasteiger partial charge on any atom is 0.267 e. The van der Waals surface area contributed by atoms with Crippen LogP contribution in [-0.2, 0) is 5.41 Å². The highest BCUT2D eigenvalue weighted by atomic mass is 79.9. The van der Waals surface area contributed by atoms with Crippen molar-refractivity contribution in [3.05, 3.63) is 40.0 Å². The van der Waals surface area contributed by atoms with Crippen LogP contribution in [0.5, 0.6) is 0 Å². The van der Waals surface area contributed by atoms with Gasteiger partial charge in [0.05, 0.1) is 5.41 Å². The van der Waals surface area contributed by atoms with Gasteiger partial charge in [-0.15, -0.1) is 21.5 Å². The van der Waals surface area contributed by atoms with Crippen LogP contribution in [-0.4, -0.2) is 15.2 Å². The number of aromatic nitrogens is 3. The molecule has 6 rings (SSSR count). The molecule has 0 spiro atoms. The Morgan fingerprint density at radius 2 is 2.00 bits per heavy atom. The number of rotatable bonds is 3. The molecule has 0 radical (unpaired) electrons. The number of fused-ring (bicyclic) bond motifs is 2. The summed E-state index contributed by atoms with van der Waals surface area (Å²) in [7, 11) is 0. The molecule has 3 aliphatic rings. The van der Waals surface area contributed by atoms with Gasteiger partial charge in [-0.1, -0.05) is 34.1 Å². The van der Waals surface area contributed by atoms with E-state index >= 15 is 0 Å². The number of benzene rings is 1. The van der Waals surface area contributed by atoms with E-state index in [9.17, 15) is 0 Å². The van der Waals surface area contributed by atoms with Crippen molar-refractivity contribution in [2.24, 2.45) is 17.8 Å². The molecule has 0 aliphatic heterocycles. The second-order valence-corrected chi connectivity index (χ2v) is 10.2. The third-order valence-corrected chi connectivity index (χ3v) is 8.58. The van der Waals surface area contributed by atoms with Crippen LogP contribution >= 0.6 is 27.3 Å². The highest BCUT2D eigenvalue weighted by Crippen LogP contribution is 2.62. The molecular weight excluding hydrogens is 422 g/mol. The van der Waals surface area contributed by atoms with E-state index in [0.717, 1.165) is 44.4 Å². The zero-order valence-corrected chi connectivity index (χ0v) is 17.3. The van der Waals surface area contributed by atoms with Gasteiger partial charge < -0.3 is 4.42 Å². The fraction of sp³-hybridized carbons (Fsp3) is 0.476. The highest BCUT2D eigenvalue weighted by Gasteiger charge is 2.57. The minimum absolute atomic E-state index is 0.143. The Kier molecular flexibility index (Phi) is 3.64. The van der Waals surface area contributed by atoms with Crippen LogP contribution in [0.4, 0.5) is 0 Å². The Hall–Kier alpha value is -1.53. The van der Waals surface area contributed by atoms with Gasteiger partial charge in [-0.05, 0) is 62.3 Å². The van der Waals surface area contributed by atoms with Crippen molar-refractivity contribution in [2.75, 3.05) is 0 Å². The second kappa shape index (κ2) is 5.98. The van der Waals surface area contributed by atoms with Gasteiger partial charge in [-0.3, -0.25) is 0 Å². The Bertz CT molecular complexity index is 1010. The number of halogens is 1. The lowest BCUT2D eigenvalue weighted by Crippen LogP contribution is -2.36. The largest absolute Gasteiger partial charge is 0.419 e.